The van der Waals surface area contributed by atoms with Gasteiger partial charge in [-0.05, 0) is 13.8 Å². The van der Waals surface area contributed by atoms with E-state index in [-0.39, 0.29) is 6.42 Å². The minimum absolute atomic E-state index is 0.0250. The molecule has 0 saturated carbocycles. The van der Waals surface area contributed by atoms with Crippen LogP contribution >= 0.6 is 0 Å². The fourth-order valence-corrected chi connectivity index (χ4v) is 1.71. The number of carboxylic acids is 1. The third-order valence-corrected chi connectivity index (χ3v) is 2.55. The number of rotatable bonds is 3. The molecule has 0 atom stereocenters. The molecule has 0 aliphatic heterocycles. The molecular formula is C11H12N4O2. The lowest BCUT2D eigenvalue weighted by atomic mass is 10.1. The lowest BCUT2D eigenvalue weighted by Crippen LogP contribution is -2.04. The van der Waals surface area contributed by atoms with Crippen LogP contribution in [0.15, 0.2) is 18.6 Å². The fraction of sp³-hybridized carbons (Fsp3) is 0.273. The lowest BCUT2D eigenvalue weighted by molar-refractivity contribution is -0.136. The highest BCUT2D eigenvalue weighted by atomic mass is 16.4. The number of hydrogen-bond donors (Lipinski definition) is 1. The van der Waals surface area contributed by atoms with Gasteiger partial charge in [-0.3, -0.25) is 4.79 Å². The van der Waals surface area contributed by atoms with Crippen molar-refractivity contribution in [2.24, 2.45) is 0 Å². The first-order valence-electron chi connectivity index (χ1n) is 5.13. The molecule has 88 valence electrons. The Labute approximate surface area is 98.0 Å². The normalized spacial score (nSPS) is 10.5. The van der Waals surface area contributed by atoms with Crippen molar-refractivity contribution in [2.45, 2.75) is 20.3 Å². The predicted octanol–water partition coefficient (Wildman–Crippen LogP) is 0.906. The average Bonchev–Trinajstić information content (AvgIpc) is 2.58. The molecule has 2 rings (SSSR count). The summed E-state index contributed by atoms with van der Waals surface area (Å²) in [5, 5.41) is 13.1. The van der Waals surface area contributed by atoms with Crippen LogP contribution in [0.25, 0.3) is 5.82 Å². The molecule has 0 saturated heterocycles. The molecule has 0 fully saturated rings. The second-order valence-corrected chi connectivity index (χ2v) is 3.70. The van der Waals surface area contributed by atoms with Crippen LogP contribution in [0.1, 0.15) is 17.0 Å². The highest BCUT2D eigenvalue weighted by Gasteiger charge is 2.15. The standard InChI is InChI=1S/C11H12N4O2/c1-7-9(5-11(16)17)8(2)15(14-7)10-3-4-12-6-13-10/h3-4,6H,5H2,1-2H3,(H,16,17). The molecule has 2 aromatic heterocycles. The molecule has 0 aromatic carbocycles. The maximum absolute atomic E-state index is 10.8. The quantitative estimate of drug-likeness (QED) is 0.850. The van der Waals surface area contributed by atoms with Crippen LogP contribution in [0.3, 0.4) is 0 Å². The van der Waals surface area contributed by atoms with Gasteiger partial charge in [0.1, 0.15) is 6.33 Å². The van der Waals surface area contributed by atoms with Crippen LogP contribution < -0.4 is 0 Å². The van der Waals surface area contributed by atoms with Crippen molar-refractivity contribution in [3.63, 3.8) is 0 Å². The fourth-order valence-electron chi connectivity index (χ4n) is 1.71. The van der Waals surface area contributed by atoms with Gasteiger partial charge in [-0.15, -0.1) is 0 Å². The monoisotopic (exact) mass is 232 g/mol. The molecule has 0 unspecified atom stereocenters. The molecule has 2 heterocycles. The molecule has 0 amide bonds. The van der Waals surface area contributed by atoms with Crippen molar-refractivity contribution in [2.75, 3.05) is 0 Å². The van der Waals surface area contributed by atoms with E-state index in [1.807, 2.05) is 6.92 Å². The third-order valence-electron chi connectivity index (χ3n) is 2.55. The van der Waals surface area contributed by atoms with E-state index in [2.05, 4.69) is 15.1 Å². The third kappa shape index (κ3) is 2.15. The van der Waals surface area contributed by atoms with Gasteiger partial charge in [0.25, 0.3) is 0 Å². The van der Waals surface area contributed by atoms with Gasteiger partial charge >= 0.3 is 5.97 Å². The number of carbonyl (C=O) groups is 1. The smallest absolute Gasteiger partial charge is 0.307 e. The van der Waals surface area contributed by atoms with Gasteiger partial charge in [0.05, 0.1) is 12.1 Å². The Morgan fingerprint density at radius 1 is 1.47 bits per heavy atom. The van der Waals surface area contributed by atoms with E-state index < -0.39 is 5.97 Å². The lowest BCUT2D eigenvalue weighted by Gasteiger charge is -2.02. The highest BCUT2D eigenvalue weighted by Crippen LogP contribution is 2.16. The molecule has 0 bridgehead atoms. The summed E-state index contributed by atoms with van der Waals surface area (Å²) in [5.41, 5.74) is 2.24. The van der Waals surface area contributed by atoms with Crippen LogP contribution in [0.2, 0.25) is 0 Å². The maximum atomic E-state index is 10.8. The van der Waals surface area contributed by atoms with Crippen molar-refractivity contribution < 1.29 is 9.90 Å². The van der Waals surface area contributed by atoms with Gasteiger partial charge in [0, 0.05) is 23.5 Å². The molecule has 0 spiro atoms. The van der Waals surface area contributed by atoms with Crippen LogP contribution in [-0.4, -0.2) is 30.8 Å². The zero-order chi connectivity index (χ0) is 12.4. The van der Waals surface area contributed by atoms with Gasteiger partial charge in [-0.25, -0.2) is 14.6 Å². The summed E-state index contributed by atoms with van der Waals surface area (Å²) in [5.74, 6) is -0.226. The molecule has 6 nitrogen and oxygen atoms in total. The van der Waals surface area contributed by atoms with Crippen molar-refractivity contribution >= 4 is 5.97 Å². The predicted molar refractivity (Wildman–Crippen MR) is 60.0 cm³/mol. The van der Waals surface area contributed by atoms with E-state index in [4.69, 9.17) is 5.11 Å². The first-order valence-corrected chi connectivity index (χ1v) is 5.13. The van der Waals surface area contributed by atoms with E-state index in [0.29, 0.717) is 11.5 Å². The van der Waals surface area contributed by atoms with Crippen molar-refractivity contribution in [1.82, 2.24) is 19.7 Å². The first-order chi connectivity index (χ1) is 8.09. The highest BCUT2D eigenvalue weighted by molar-refractivity contribution is 5.71. The average molecular weight is 232 g/mol. The molecule has 6 heteroatoms. The maximum Gasteiger partial charge on any atom is 0.307 e. The second kappa shape index (κ2) is 4.32. The molecular weight excluding hydrogens is 220 g/mol. The van der Waals surface area contributed by atoms with E-state index in [0.717, 1.165) is 11.3 Å². The topological polar surface area (TPSA) is 80.9 Å². The summed E-state index contributed by atoms with van der Waals surface area (Å²) >= 11 is 0. The molecule has 0 aliphatic rings. The van der Waals surface area contributed by atoms with Crippen molar-refractivity contribution in [3.8, 4) is 5.82 Å². The van der Waals surface area contributed by atoms with Crippen LogP contribution in [0.5, 0.6) is 0 Å². The number of nitrogens with zero attached hydrogens (tertiary/aromatic N) is 4. The second-order valence-electron chi connectivity index (χ2n) is 3.70. The number of aryl methyl sites for hydroxylation is 1. The summed E-state index contributed by atoms with van der Waals surface area (Å²) in [7, 11) is 0. The molecule has 0 radical (unpaired) electrons. The van der Waals surface area contributed by atoms with E-state index >= 15 is 0 Å². The largest absolute Gasteiger partial charge is 0.481 e. The Kier molecular flexibility index (Phi) is 2.86. The van der Waals surface area contributed by atoms with E-state index in [9.17, 15) is 4.79 Å². The number of aromatic nitrogens is 4. The van der Waals surface area contributed by atoms with Gasteiger partial charge in [0.15, 0.2) is 5.82 Å². The van der Waals surface area contributed by atoms with Crippen LogP contribution in [0, 0.1) is 13.8 Å². The first kappa shape index (κ1) is 11.3. The summed E-state index contributed by atoms with van der Waals surface area (Å²) in [6.45, 7) is 3.63. The molecule has 1 N–H and O–H groups in total. The Morgan fingerprint density at radius 2 is 2.24 bits per heavy atom. The Bertz CT molecular complexity index is 548. The summed E-state index contributed by atoms with van der Waals surface area (Å²) < 4.78 is 1.63. The van der Waals surface area contributed by atoms with Gasteiger partial charge in [0.2, 0.25) is 0 Å². The zero-order valence-electron chi connectivity index (χ0n) is 9.58. The minimum atomic E-state index is -0.863. The SMILES string of the molecule is Cc1nn(-c2ccncn2)c(C)c1CC(=O)O. The molecule has 17 heavy (non-hydrogen) atoms. The summed E-state index contributed by atoms with van der Waals surface area (Å²) in [6.07, 6.45) is 3.03. The van der Waals surface area contributed by atoms with Crippen LogP contribution in [0.4, 0.5) is 0 Å². The number of aliphatic carboxylic acids is 1. The van der Waals surface area contributed by atoms with E-state index in [1.165, 1.54) is 6.33 Å². The summed E-state index contributed by atoms with van der Waals surface area (Å²) in [6, 6.07) is 1.73. The van der Waals surface area contributed by atoms with Gasteiger partial charge < -0.3 is 5.11 Å². The van der Waals surface area contributed by atoms with Gasteiger partial charge in [-0.1, -0.05) is 0 Å². The Morgan fingerprint density at radius 3 is 2.82 bits per heavy atom. The zero-order valence-corrected chi connectivity index (χ0v) is 9.58. The summed E-state index contributed by atoms with van der Waals surface area (Å²) in [4.78, 5) is 18.7. The Balaban J connectivity index is 2.48. The molecule has 0 aliphatic carbocycles. The molecule has 2 aromatic rings. The number of hydrogen-bond acceptors (Lipinski definition) is 4. The minimum Gasteiger partial charge on any atom is -0.481 e. The van der Waals surface area contributed by atoms with E-state index in [1.54, 1.807) is 23.9 Å². The van der Waals surface area contributed by atoms with Crippen molar-refractivity contribution in [3.05, 3.63) is 35.5 Å². The van der Waals surface area contributed by atoms with Crippen LogP contribution in [-0.2, 0) is 11.2 Å². The Hall–Kier alpha value is -2.24. The van der Waals surface area contributed by atoms with Gasteiger partial charge in [-0.2, -0.15) is 5.10 Å². The number of carboxylic acid groups (broad SMARTS) is 1. The van der Waals surface area contributed by atoms with Crippen molar-refractivity contribution in [1.29, 1.82) is 0 Å².